The lowest BCUT2D eigenvalue weighted by Crippen LogP contribution is -2.48. The Labute approximate surface area is 107 Å². The van der Waals surface area contributed by atoms with Crippen molar-refractivity contribution in [1.29, 1.82) is 0 Å². The van der Waals surface area contributed by atoms with Crippen LogP contribution in [0.3, 0.4) is 0 Å². The van der Waals surface area contributed by atoms with E-state index in [4.69, 9.17) is 4.74 Å². The molecular weight excluding hydrogens is 238 g/mol. The Morgan fingerprint density at radius 2 is 2.29 bits per heavy atom. The summed E-state index contributed by atoms with van der Waals surface area (Å²) < 4.78 is 5.69. The first-order chi connectivity index (χ1) is 7.79. The molecule has 3 aliphatic heterocycles. The summed E-state index contributed by atoms with van der Waals surface area (Å²) >= 11 is 0. The molecule has 0 aromatic carbocycles. The predicted octanol–water partition coefficient (Wildman–Crippen LogP) is 1.83. The average molecular weight is 254 g/mol. The van der Waals surface area contributed by atoms with E-state index in [1.165, 1.54) is 19.3 Å². The predicted molar refractivity (Wildman–Crippen MR) is 66.0 cm³/mol. The maximum absolute atomic E-state index is 11.5. The third-order valence-electron chi connectivity index (χ3n) is 4.56. The molecule has 1 spiro atoms. The van der Waals surface area contributed by atoms with Gasteiger partial charge in [-0.25, -0.2) is 4.79 Å². The Kier molecular flexibility index (Phi) is 2.39. The Morgan fingerprint density at radius 3 is 3.18 bits per heavy atom. The van der Waals surface area contributed by atoms with Gasteiger partial charge in [-0.1, -0.05) is 18.6 Å². The topological polar surface area (TPSA) is 29.5 Å². The second-order valence-corrected chi connectivity index (χ2v) is 5.29. The van der Waals surface area contributed by atoms with Crippen LogP contribution in [0.1, 0.15) is 25.7 Å². The van der Waals surface area contributed by atoms with Crippen molar-refractivity contribution in [3.8, 4) is 0 Å². The third kappa shape index (κ3) is 1.30. The van der Waals surface area contributed by atoms with Gasteiger partial charge >= 0.3 is 5.97 Å². The van der Waals surface area contributed by atoms with Gasteiger partial charge in [0, 0.05) is 24.1 Å². The molecule has 4 aliphatic rings. The summed E-state index contributed by atoms with van der Waals surface area (Å²) in [6.07, 6.45) is 10.7. The molecule has 2 bridgehead atoms. The van der Waals surface area contributed by atoms with Crippen molar-refractivity contribution in [3.63, 3.8) is 0 Å². The van der Waals surface area contributed by atoms with Crippen LogP contribution in [-0.4, -0.2) is 35.1 Å². The number of nitrogens with zero attached hydrogens (tertiary/aromatic N) is 1. The zero-order valence-corrected chi connectivity index (χ0v) is 10.4. The highest BCUT2D eigenvalue weighted by Gasteiger charge is 2.59. The molecule has 0 unspecified atom stereocenters. The van der Waals surface area contributed by atoms with Crippen LogP contribution in [0.25, 0.3) is 0 Å². The second kappa shape index (κ2) is 3.59. The van der Waals surface area contributed by atoms with E-state index in [0.29, 0.717) is 12.1 Å². The van der Waals surface area contributed by atoms with E-state index in [9.17, 15) is 4.79 Å². The Hall–Kier alpha value is -0.800. The molecule has 3 heterocycles. The van der Waals surface area contributed by atoms with Crippen molar-refractivity contribution in [1.82, 2.24) is 4.90 Å². The van der Waals surface area contributed by atoms with Gasteiger partial charge < -0.3 is 4.74 Å². The van der Waals surface area contributed by atoms with Gasteiger partial charge in [-0.15, -0.1) is 12.4 Å². The molecule has 0 radical (unpaired) electrons. The number of fused-ring (bicyclic) bond motifs is 3. The number of carbonyl (C=O) groups excluding carboxylic acids is 1. The van der Waals surface area contributed by atoms with Crippen molar-refractivity contribution in [2.75, 3.05) is 6.54 Å². The zero-order valence-electron chi connectivity index (χ0n) is 9.59. The maximum atomic E-state index is 11.5. The fraction of sp³-hybridized carbons (Fsp3) is 0.615. The van der Waals surface area contributed by atoms with Crippen molar-refractivity contribution in [2.45, 2.75) is 43.4 Å². The van der Waals surface area contributed by atoms with E-state index in [2.05, 4.69) is 17.1 Å². The minimum absolute atomic E-state index is 0. The largest absolute Gasteiger partial charge is 0.449 e. The Morgan fingerprint density at radius 1 is 1.41 bits per heavy atom. The molecule has 4 rings (SSSR count). The molecule has 0 aromatic rings. The smallest absolute Gasteiger partial charge is 0.332 e. The number of esters is 1. The molecule has 3 nitrogen and oxygen atoms in total. The van der Waals surface area contributed by atoms with Crippen molar-refractivity contribution >= 4 is 18.4 Å². The second-order valence-electron chi connectivity index (χ2n) is 5.29. The van der Waals surface area contributed by atoms with Gasteiger partial charge in [0.05, 0.1) is 6.04 Å². The third-order valence-corrected chi connectivity index (χ3v) is 4.56. The van der Waals surface area contributed by atoms with E-state index in [0.717, 1.165) is 18.5 Å². The summed E-state index contributed by atoms with van der Waals surface area (Å²) in [6, 6.07) is 0.923. The molecule has 0 amide bonds. The highest BCUT2D eigenvalue weighted by molar-refractivity contribution is 5.88. The Bertz CT molecular complexity index is 431. The molecule has 3 atom stereocenters. The van der Waals surface area contributed by atoms with E-state index < -0.39 is 0 Å². The molecule has 0 saturated carbocycles. The minimum Gasteiger partial charge on any atom is -0.449 e. The Balaban J connectivity index is 0.000000902. The molecule has 92 valence electrons. The SMILES string of the molecule is Cl.O=C1C=C2C=C[C@@H]3C[C@@]2(O1)[C@H]1CCCCN31. The first kappa shape index (κ1) is 11.3. The number of halogens is 1. The number of piperidine rings is 1. The standard InChI is InChI=1S/C13H15NO2.ClH/c15-12-7-9-4-5-10-8-13(9,16-12)11-3-1-2-6-14(10)11;/h4-5,7,10-11H,1-3,6,8H2;1H/t10-,11-,13+;/m1./s1. The van der Waals surface area contributed by atoms with Gasteiger partial charge in [0.25, 0.3) is 0 Å². The number of hydrogen-bond acceptors (Lipinski definition) is 3. The minimum atomic E-state index is -0.281. The number of ether oxygens (including phenoxy) is 1. The molecule has 0 aromatic heterocycles. The van der Waals surface area contributed by atoms with Gasteiger partial charge in [-0.3, -0.25) is 4.90 Å². The van der Waals surface area contributed by atoms with Gasteiger partial charge in [-0.05, 0) is 19.4 Å². The summed E-state index contributed by atoms with van der Waals surface area (Å²) in [5.41, 5.74) is 0.833. The first-order valence-corrected chi connectivity index (χ1v) is 6.19. The lowest BCUT2D eigenvalue weighted by Gasteiger charge is -2.37. The van der Waals surface area contributed by atoms with Crippen LogP contribution in [0.2, 0.25) is 0 Å². The van der Waals surface area contributed by atoms with E-state index in [1.807, 2.05) is 0 Å². The van der Waals surface area contributed by atoms with Gasteiger partial charge in [0.1, 0.15) is 0 Å². The number of hydrogen-bond donors (Lipinski definition) is 0. The van der Waals surface area contributed by atoms with Crippen molar-refractivity contribution in [2.24, 2.45) is 0 Å². The maximum Gasteiger partial charge on any atom is 0.332 e. The van der Waals surface area contributed by atoms with Gasteiger partial charge in [-0.2, -0.15) is 0 Å². The summed E-state index contributed by atoms with van der Waals surface area (Å²) in [6.45, 7) is 1.16. The average Bonchev–Trinajstić information content (AvgIpc) is 2.76. The number of rotatable bonds is 0. The molecule has 1 aliphatic carbocycles. The monoisotopic (exact) mass is 253 g/mol. The van der Waals surface area contributed by atoms with Crippen LogP contribution in [-0.2, 0) is 9.53 Å². The van der Waals surface area contributed by atoms with Gasteiger partial charge in [0.15, 0.2) is 5.60 Å². The van der Waals surface area contributed by atoms with Crippen LogP contribution in [0, 0.1) is 0 Å². The lowest BCUT2D eigenvalue weighted by molar-refractivity contribution is -0.148. The molecule has 4 heteroatoms. The van der Waals surface area contributed by atoms with Crippen LogP contribution in [0.5, 0.6) is 0 Å². The van der Waals surface area contributed by atoms with Crippen LogP contribution >= 0.6 is 12.4 Å². The molecule has 17 heavy (non-hydrogen) atoms. The fourth-order valence-electron chi connectivity index (χ4n) is 3.94. The highest BCUT2D eigenvalue weighted by Crippen LogP contribution is 2.51. The van der Waals surface area contributed by atoms with Crippen molar-refractivity contribution in [3.05, 3.63) is 23.8 Å². The molecule has 2 saturated heterocycles. The zero-order chi connectivity index (χ0) is 10.8. The van der Waals surface area contributed by atoms with E-state index >= 15 is 0 Å². The van der Waals surface area contributed by atoms with Crippen molar-refractivity contribution < 1.29 is 9.53 Å². The van der Waals surface area contributed by atoms with E-state index in [-0.39, 0.29) is 24.0 Å². The summed E-state index contributed by atoms with van der Waals surface area (Å²) in [7, 11) is 0. The van der Waals surface area contributed by atoms with Crippen LogP contribution in [0.4, 0.5) is 0 Å². The van der Waals surface area contributed by atoms with Crippen LogP contribution in [0.15, 0.2) is 23.8 Å². The number of carbonyl (C=O) groups is 1. The molecule has 0 N–H and O–H groups in total. The van der Waals surface area contributed by atoms with Gasteiger partial charge in [0.2, 0.25) is 0 Å². The van der Waals surface area contributed by atoms with Crippen LogP contribution < -0.4 is 0 Å². The van der Waals surface area contributed by atoms with E-state index in [1.54, 1.807) is 6.08 Å². The quantitative estimate of drug-likeness (QED) is 0.617. The first-order valence-electron chi connectivity index (χ1n) is 6.19. The fourth-order valence-corrected chi connectivity index (χ4v) is 3.94. The summed E-state index contributed by atoms with van der Waals surface area (Å²) in [5, 5.41) is 0. The molecule has 2 fully saturated rings. The molecular formula is C13H16ClNO2. The lowest BCUT2D eigenvalue weighted by atomic mass is 9.80. The summed E-state index contributed by atoms with van der Waals surface area (Å²) in [5.74, 6) is -0.146. The summed E-state index contributed by atoms with van der Waals surface area (Å²) in [4.78, 5) is 14.1. The normalized spacial score (nSPS) is 42.4. The highest BCUT2D eigenvalue weighted by atomic mass is 35.5.